The fraction of sp³-hybridized carbons (Fsp3) is 0.667. The van der Waals surface area contributed by atoms with Crippen molar-refractivity contribution in [3.05, 3.63) is 29.8 Å². The van der Waals surface area contributed by atoms with Crippen molar-refractivity contribution in [2.45, 2.75) is 38.3 Å². The highest BCUT2D eigenvalue weighted by Crippen LogP contribution is 2.26. The van der Waals surface area contributed by atoms with Crippen LogP contribution in [-0.2, 0) is 6.54 Å². The third-order valence-electron chi connectivity index (χ3n) is 4.47. The van der Waals surface area contributed by atoms with Crippen LogP contribution >= 0.6 is 0 Å². The number of nitrogens with one attached hydrogen (secondary N) is 1. The molecule has 3 heterocycles. The lowest BCUT2D eigenvalue weighted by atomic mass is 9.88. The minimum absolute atomic E-state index is 0.234. The van der Waals surface area contributed by atoms with Gasteiger partial charge in [0, 0.05) is 18.8 Å². The molecule has 0 radical (unpaired) electrons. The molecule has 0 saturated carbocycles. The standard InChI is InChI=1S/C15H22FN3/c16-14-8-12(9-17-10-14)11-19-6-3-13(4-7-19)15-2-1-5-18-15/h8-10,13,15,18H,1-7,11H2. The van der Waals surface area contributed by atoms with Crippen LogP contribution in [0, 0.1) is 11.7 Å². The highest BCUT2D eigenvalue weighted by molar-refractivity contribution is 5.10. The van der Waals surface area contributed by atoms with E-state index in [1.165, 1.54) is 38.4 Å². The second-order valence-corrected chi connectivity index (χ2v) is 5.83. The van der Waals surface area contributed by atoms with Gasteiger partial charge in [-0.3, -0.25) is 9.88 Å². The van der Waals surface area contributed by atoms with Gasteiger partial charge in [0.2, 0.25) is 0 Å². The molecular formula is C15H22FN3. The molecule has 2 fully saturated rings. The van der Waals surface area contributed by atoms with Crippen molar-refractivity contribution >= 4 is 0 Å². The van der Waals surface area contributed by atoms with E-state index in [9.17, 15) is 4.39 Å². The predicted molar refractivity (Wildman–Crippen MR) is 73.2 cm³/mol. The largest absolute Gasteiger partial charge is 0.314 e. The van der Waals surface area contributed by atoms with Gasteiger partial charge in [-0.1, -0.05) is 0 Å². The molecule has 3 rings (SSSR count). The first kappa shape index (κ1) is 13.0. The molecular weight excluding hydrogens is 241 g/mol. The van der Waals surface area contributed by atoms with Crippen molar-refractivity contribution in [1.82, 2.24) is 15.2 Å². The second-order valence-electron chi connectivity index (χ2n) is 5.83. The van der Waals surface area contributed by atoms with Crippen molar-refractivity contribution < 1.29 is 4.39 Å². The van der Waals surface area contributed by atoms with Crippen LogP contribution in [0.5, 0.6) is 0 Å². The van der Waals surface area contributed by atoms with E-state index < -0.39 is 0 Å². The molecule has 2 saturated heterocycles. The monoisotopic (exact) mass is 263 g/mol. The summed E-state index contributed by atoms with van der Waals surface area (Å²) < 4.78 is 13.1. The van der Waals surface area contributed by atoms with E-state index in [1.807, 2.05) is 0 Å². The number of nitrogens with zero attached hydrogens (tertiary/aromatic N) is 2. The Balaban J connectivity index is 1.50. The van der Waals surface area contributed by atoms with E-state index in [0.717, 1.165) is 37.2 Å². The van der Waals surface area contributed by atoms with Crippen LogP contribution in [0.4, 0.5) is 4.39 Å². The molecule has 104 valence electrons. The van der Waals surface area contributed by atoms with Crippen molar-refractivity contribution in [2.24, 2.45) is 5.92 Å². The summed E-state index contributed by atoms with van der Waals surface area (Å²) in [4.78, 5) is 6.33. The molecule has 2 aliphatic heterocycles. The second kappa shape index (κ2) is 5.97. The van der Waals surface area contributed by atoms with Crippen molar-refractivity contribution in [2.75, 3.05) is 19.6 Å². The van der Waals surface area contributed by atoms with Gasteiger partial charge in [-0.2, -0.15) is 0 Å². The first-order valence-corrected chi connectivity index (χ1v) is 7.36. The number of halogens is 1. The topological polar surface area (TPSA) is 28.2 Å². The van der Waals surface area contributed by atoms with E-state index in [2.05, 4.69) is 15.2 Å². The highest BCUT2D eigenvalue weighted by Gasteiger charge is 2.28. The molecule has 1 aromatic rings. The van der Waals surface area contributed by atoms with E-state index >= 15 is 0 Å². The van der Waals surface area contributed by atoms with Gasteiger partial charge in [0.25, 0.3) is 0 Å². The minimum atomic E-state index is -0.234. The van der Waals surface area contributed by atoms with Gasteiger partial charge in [-0.25, -0.2) is 4.39 Å². The zero-order chi connectivity index (χ0) is 13.1. The third-order valence-corrected chi connectivity index (χ3v) is 4.47. The molecule has 4 heteroatoms. The average Bonchev–Trinajstić information content (AvgIpc) is 2.94. The van der Waals surface area contributed by atoms with Gasteiger partial charge in [0.1, 0.15) is 5.82 Å². The zero-order valence-electron chi connectivity index (χ0n) is 11.3. The van der Waals surface area contributed by atoms with Crippen LogP contribution in [0.2, 0.25) is 0 Å². The molecule has 0 bridgehead atoms. The molecule has 0 aliphatic carbocycles. The predicted octanol–water partition coefficient (Wildman–Crippen LogP) is 2.18. The summed E-state index contributed by atoms with van der Waals surface area (Å²) in [7, 11) is 0. The molecule has 19 heavy (non-hydrogen) atoms. The quantitative estimate of drug-likeness (QED) is 0.906. The van der Waals surface area contributed by atoms with Crippen molar-refractivity contribution in [3.8, 4) is 0 Å². The van der Waals surface area contributed by atoms with E-state index in [0.29, 0.717) is 0 Å². The maximum Gasteiger partial charge on any atom is 0.141 e. The van der Waals surface area contributed by atoms with Crippen LogP contribution in [-0.4, -0.2) is 35.6 Å². The smallest absolute Gasteiger partial charge is 0.141 e. The van der Waals surface area contributed by atoms with Crippen molar-refractivity contribution in [3.63, 3.8) is 0 Å². The molecule has 2 aliphatic rings. The Morgan fingerprint density at radius 3 is 2.79 bits per heavy atom. The van der Waals surface area contributed by atoms with Gasteiger partial charge in [0.15, 0.2) is 0 Å². The molecule has 0 spiro atoms. The summed E-state index contributed by atoms with van der Waals surface area (Å²) in [6, 6.07) is 2.34. The molecule has 3 nitrogen and oxygen atoms in total. The van der Waals surface area contributed by atoms with Crippen LogP contribution in [0.3, 0.4) is 0 Å². The Hall–Kier alpha value is -1.00. The Morgan fingerprint density at radius 2 is 2.11 bits per heavy atom. The lowest BCUT2D eigenvalue weighted by Gasteiger charge is -2.34. The molecule has 1 unspecified atom stereocenters. The Bertz CT molecular complexity index is 410. The van der Waals surface area contributed by atoms with Crippen LogP contribution in [0.1, 0.15) is 31.2 Å². The fourth-order valence-electron chi connectivity index (χ4n) is 3.43. The van der Waals surface area contributed by atoms with Gasteiger partial charge in [-0.15, -0.1) is 0 Å². The number of pyridine rings is 1. The highest BCUT2D eigenvalue weighted by atomic mass is 19.1. The summed E-state index contributed by atoms with van der Waals surface area (Å²) in [5.41, 5.74) is 0.984. The molecule has 0 amide bonds. The van der Waals surface area contributed by atoms with Crippen LogP contribution in [0.25, 0.3) is 0 Å². The van der Waals surface area contributed by atoms with Crippen molar-refractivity contribution in [1.29, 1.82) is 0 Å². The maximum absolute atomic E-state index is 13.1. The number of hydrogen-bond donors (Lipinski definition) is 1. The number of rotatable bonds is 3. The number of hydrogen-bond acceptors (Lipinski definition) is 3. The summed E-state index contributed by atoms with van der Waals surface area (Å²) in [6.07, 6.45) is 8.24. The fourth-order valence-corrected chi connectivity index (χ4v) is 3.43. The summed E-state index contributed by atoms with van der Waals surface area (Å²) in [6.45, 7) is 4.27. The number of piperidine rings is 1. The van der Waals surface area contributed by atoms with E-state index in [-0.39, 0.29) is 5.82 Å². The van der Waals surface area contributed by atoms with E-state index in [1.54, 1.807) is 12.3 Å². The number of likely N-dealkylation sites (tertiary alicyclic amines) is 1. The summed E-state index contributed by atoms with van der Waals surface area (Å²) >= 11 is 0. The molecule has 0 aromatic carbocycles. The molecule has 1 aromatic heterocycles. The van der Waals surface area contributed by atoms with Crippen LogP contribution < -0.4 is 5.32 Å². The van der Waals surface area contributed by atoms with Gasteiger partial charge < -0.3 is 5.32 Å². The van der Waals surface area contributed by atoms with Gasteiger partial charge in [0.05, 0.1) is 6.20 Å². The van der Waals surface area contributed by atoms with Gasteiger partial charge in [-0.05, 0) is 62.9 Å². The summed E-state index contributed by atoms with van der Waals surface area (Å²) in [5.74, 6) is 0.604. The first-order chi connectivity index (χ1) is 9.31. The Labute approximate surface area is 114 Å². The Kier molecular flexibility index (Phi) is 4.09. The average molecular weight is 263 g/mol. The van der Waals surface area contributed by atoms with Gasteiger partial charge >= 0.3 is 0 Å². The molecule has 1 atom stereocenters. The maximum atomic E-state index is 13.1. The SMILES string of the molecule is Fc1cncc(CN2CCC(C3CCCN3)CC2)c1. The normalized spacial score (nSPS) is 25.8. The summed E-state index contributed by atoms with van der Waals surface area (Å²) in [5, 5.41) is 3.62. The number of aromatic nitrogens is 1. The van der Waals surface area contributed by atoms with Crippen LogP contribution in [0.15, 0.2) is 18.5 Å². The lowest BCUT2D eigenvalue weighted by Crippen LogP contribution is -2.40. The third kappa shape index (κ3) is 3.31. The minimum Gasteiger partial charge on any atom is -0.314 e. The lowest BCUT2D eigenvalue weighted by molar-refractivity contribution is 0.157. The molecule has 1 N–H and O–H groups in total. The zero-order valence-corrected chi connectivity index (χ0v) is 11.3. The Morgan fingerprint density at radius 1 is 1.26 bits per heavy atom. The van der Waals surface area contributed by atoms with E-state index in [4.69, 9.17) is 0 Å². The first-order valence-electron chi connectivity index (χ1n) is 7.36.